The Morgan fingerprint density at radius 1 is 1.07 bits per heavy atom. The van der Waals surface area contributed by atoms with Crippen LogP contribution in [0.5, 0.6) is 0 Å². The average molecular weight is 421 g/mol. The normalized spacial score (nSPS) is 13.5. The van der Waals surface area contributed by atoms with Gasteiger partial charge in [-0.2, -0.15) is 18.2 Å². The van der Waals surface area contributed by atoms with Crippen LogP contribution in [0.4, 0.5) is 13.2 Å². The molecule has 10 heteroatoms. The molecule has 0 unspecified atom stereocenters. The Balaban J connectivity index is 0.000000318. The molecule has 0 radical (unpaired) electrons. The third-order valence-electron chi connectivity index (χ3n) is 4.37. The van der Waals surface area contributed by atoms with Crippen molar-refractivity contribution in [2.75, 3.05) is 0 Å². The molecule has 1 aliphatic rings. The molecule has 0 amide bonds. The molecule has 7 nitrogen and oxygen atoms in total. The van der Waals surface area contributed by atoms with Crippen LogP contribution in [0.15, 0.2) is 53.1 Å². The van der Waals surface area contributed by atoms with Gasteiger partial charge in [-0.25, -0.2) is 4.79 Å². The van der Waals surface area contributed by atoms with Gasteiger partial charge in [0.2, 0.25) is 11.7 Å². The van der Waals surface area contributed by atoms with Gasteiger partial charge in [0.05, 0.1) is 13.2 Å². The number of aromatic nitrogens is 2. The second-order valence-corrected chi connectivity index (χ2v) is 6.58. The van der Waals surface area contributed by atoms with Crippen molar-refractivity contribution < 1.29 is 32.7 Å². The van der Waals surface area contributed by atoms with E-state index in [0.717, 1.165) is 24.2 Å². The molecule has 0 spiro atoms. The van der Waals surface area contributed by atoms with E-state index in [-0.39, 0.29) is 6.61 Å². The van der Waals surface area contributed by atoms with Crippen LogP contribution in [-0.4, -0.2) is 37.4 Å². The van der Waals surface area contributed by atoms with Crippen LogP contribution in [-0.2, 0) is 31.0 Å². The molecular weight excluding hydrogens is 403 g/mol. The fourth-order valence-corrected chi connectivity index (χ4v) is 2.90. The second-order valence-electron chi connectivity index (χ2n) is 6.58. The third kappa shape index (κ3) is 5.43. The number of alkyl halides is 3. The number of carboxylic acids is 1. The molecule has 0 saturated heterocycles. The van der Waals surface area contributed by atoms with Crippen LogP contribution in [0.1, 0.15) is 22.6 Å². The number of hydrogen-bond donors (Lipinski definition) is 2. The zero-order valence-electron chi connectivity index (χ0n) is 15.6. The van der Waals surface area contributed by atoms with Crippen LogP contribution >= 0.6 is 0 Å². The Kier molecular flexibility index (Phi) is 6.48. The van der Waals surface area contributed by atoms with E-state index in [1.165, 1.54) is 11.1 Å². The summed E-state index contributed by atoms with van der Waals surface area (Å²) in [6, 6.07) is 16.0. The minimum atomic E-state index is -5.08. The molecule has 4 rings (SSSR count). The first-order valence-electron chi connectivity index (χ1n) is 8.88. The first-order valence-corrected chi connectivity index (χ1v) is 8.88. The lowest BCUT2D eigenvalue weighted by Gasteiger charge is -2.10. The van der Waals surface area contributed by atoms with E-state index < -0.39 is 12.1 Å². The van der Waals surface area contributed by atoms with Gasteiger partial charge >= 0.3 is 12.1 Å². The number of carbonyl (C=O) groups is 1. The number of aliphatic carboxylic acids is 1. The van der Waals surface area contributed by atoms with Crippen LogP contribution in [0.25, 0.3) is 11.4 Å². The van der Waals surface area contributed by atoms with Crippen molar-refractivity contribution in [3.63, 3.8) is 0 Å². The highest BCUT2D eigenvalue weighted by Crippen LogP contribution is 2.24. The zero-order valence-corrected chi connectivity index (χ0v) is 15.6. The molecule has 0 saturated carbocycles. The van der Waals surface area contributed by atoms with Gasteiger partial charge < -0.3 is 14.7 Å². The van der Waals surface area contributed by atoms with E-state index in [0.29, 0.717) is 18.3 Å². The topological polar surface area (TPSA) is 99.7 Å². The summed E-state index contributed by atoms with van der Waals surface area (Å²) in [5, 5.41) is 20.3. The SMILES string of the molecule is O=C(O)C(F)(F)F.OCc1ccc(-c2noc(CN3Cc4ccccc4C3)n2)cc1. The van der Waals surface area contributed by atoms with Crippen molar-refractivity contribution in [2.24, 2.45) is 0 Å². The minimum absolute atomic E-state index is 0.0350. The maximum absolute atomic E-state index is 10.6. The Labute approximate surface area is 169 Å². The molecule has 0 bridgehead atoms. The summed E-state index contributed by atoms with van der Waals surface area (Å²) in [7, 11) is 0. The average Bonchev–Trinajstić information content (AvgIpc) is 3.34. The van der Waals surface area contributed by atoms with Crippen LogP contribution in [0, 0.1) is 0 Å². The second kappa shape index (κ2) is 9.06. The van der Waals surface area contributed by atoms with E-state index in [1.807, 2.05) is 24.3 Å². The minimum Gasteiger partial charge on any atom is -0.475 e. The molecule has 0 atom stereocenters. The quantitative estimate of drug-likeness (QED) is 0.666. The van der Waals surface area contributed by atoms with Gasteiger partial charge in [0.1, 0.15) is 0 Å². The summed E-state index contributed by atoms with van der Waals surface area (Å²) in [4.78, 5) is 15.7. The molecule has 1 aliphatic heterocycles. The van der Waals surface area contributed by atoms with Gasteiger partial charge in [0.15, 0.2) is 0 Å². The van der Waals surface area contributed by atoms with Crippen molar-refractivity contribution in [3.05, 3.63) is 71.1 Å². The molecule has 2 N–H and O–H groups in total. The van der Waals surface area contributed by atoms with Crippen molar-refractivity contribution in [2.45, 2.75) is 32.4 Å². The monoisotopic (exact) mass is 421 g/mol. The van der Waals surface area contributed by atoms with Gasteiger partial charge in [0, 0.05) is 18.7 Å². The number of rotatable bonds is 4. The summed E-state index contributed by atoms with van der Waals surface area (Å²) in [6.45, 7) is 2.52. The van der Waals surface area contributed by atoms with E-state index in [2.05, 4.69) is 39.3 Å². The smallest absolute Gasteiger partial charge is 0.475 e. The molecule has 30 heavy (non-hydrogen) atoms. The number of fused-ring (bicyclic) bond motifs is 1. The molecule has 0 aliphatic carbocycles. The Morgan fingerprint density at radius 3 is 2.13 bits per heavy atom. The lowest BCUT2D eigenvalue weighted by molar-refractivity contribution is -0.192. The molecule has 1 aromatic heterocycles. The first-order chi connectivity index (χ1) is 14.3. The van der Waals surface area contributed by atoms with Gasteiger partial charge in [-0.1, -0.05) is 53.7 Å². The summed E-state index contributed by atoms with van der Waals surface area (Å²) in [5.41, 5.74) is 4.49. The van der Waals surface area contributed by atoms with Crippen LogP contribution in [0.2, 0.25) is 0 Å². The van der Waals surface area contributed by atoms with Crippen LogP contribution < -0.4 is 0 Å². The van der Waals surface area contributed by atoms with E-state index in [4.69, 9.17) is 19.5 Å². The molecule has 2 aromatic carbocycles. The number of carboxylic acid groups (broad SMARTS) is 1. The van der Waals surface area contributed by atoms with E-state index in [1.54, 1.807) is 0 Å². The maximum atomic E-state index is 10.6. The molecule has 2 heterocycles. The van der Waals surface area contributed by atoms with Crippen LogP contribution in [0.3, 0.4) is 0 Å². The highest BCUT2D eigenvalue weighted by Gasteiger charge is 2.38. The predicted molar refractivity (Wildman–Crippen MR) is 98.7 cm³/mol. The predicted octanol–water partition coefficient (Wildman–Crippen LogP) is 3.38. The van der Waals surface area contributed by atoms with Gasteiger partial charge in [-0.3, -0.25) is 4.90 Å². The lowest BCUT2D eigenvalue weighted by atomic mass is 10.1. The highest BCUT2D eigenvalue weighted by molar-refractivity contribution is 5.73. The summed E-state index contributed by atoms with van der Waals surface area (Å²) < 4.78 is 37.1. The summed E-state index contributed by atoms with van der Waals surface area (Å²) >= 11 is 0. The summed E-state index contributed by atoms with van der Waals surface area (Å²) in [6.07, 6.45) is -5.08. The molecular formula is C20H18F3N3O4. The van der Waals surface area contributed by atoms with Crippen molar-refractivity contribution in [1.29, 1.82) is 0 Å². The molecule has 158 valence electrons. The van der Waals surface area contributed by atoms with Crippen molar-refractivity contribution in [3.8, 4) is 11.4 Å². The number of benzene rings is 2. The lowest BCUT2D eigenvalue weighted by Crippen LogP contribution is -2.21. The van der Waals surface area contributed by atoms with Gasteiger partial charge in [0.25, 0.3) is 0 Å². The Morgan fingerprint density at radius 2 is 1.63 bits per heavy atom. The maximum Gasteiger partial charge on any atom is 0.490 e. The number of halogens is 3. The first kappa shape index (κ1) is 21.5. The van der Waals surface area contributed by atoms with Gasteiger partial charge in [-0.05, 0) is 16.7 Å². The van der Waals surface area contributed by atoms with E-state index >= 15 is 0 Å². The molecule has 0 fully saturated rings. The Hall–Kier alpha value is -3.24. The fourth-order valence-electron chi connectivity index (χ4n) is 2.90. The number of aliphatic hydroxyl groups excluding tert-OH is 1. The molecule has 3 aromatic rings. The number of hydrogen-bond acceptors (Lipinski definition) is 6. The van der Waals surface area contributed by atoms with Crippen molar-refractivity contribution in [1.82, 2.24) is 15.0 Å². The zero-order chi connectivity index (χ0) is 21.7. The number of aliphatic hydroxyl groups is 1. The third-order valence-corrected chi connectivity index (χ3v) is 4.37. The number of nitrogens with zero attached hydrogens (tertiary/aromatic N) is 3. The fraction of sp³-hybridized carbons (Fsp3) is 0.250. The van der Waals surface area contributed by atoms with Gasteiger partial charge in [-0.15, -0.1) is 0 Å². The highest BCUT2D eigenvalue weighted by atomic mass is 19.4. The Bertz CT molecular complexity index is 978. The van der Waals surface area contributed by atoms with E-state index in [9.17, 15) is 13.2 Å². The summed E-state index contributed by atoms with van der Waals surface area (Å²) in [5.74, 6) is -1.55. The largest absolute Gasteiger partial charge is 0.490 e. The van der Waals surface area contributed by atoms with Crippen molar-refractivity contribution >= 4 is 5.97 Å². The standard InChI is InChI=1S/C18H17N3O2.C2HF3O2/c22-12-13-5-7-14(8-6-13)18-19-17(23-20-18)11-21-9-15-3-1-2-4-16(15)10-21;3-2(4,5)1(6)7/h1-8,22H,9-12H2;(H,6,7).